The van der Waals surface area contributed by atoms with E-state index in [-0.39, 0.29) is 34.2 Å². The predicted molar refractivity (Wildman–Crippen MR) is 73.3 cm³/mol. The van der Waals surface area contributed by atoms with Crippen molar-refractivity contribution in [1.82, 2.24) is 4.90 Å². The van der Waals surface area contributed by atoms with Crippen LogP contribution in [0.1, 0.15) is 5.56 Å². The minimum absolute atomic E-state index is 0.0169. The summed E-state index contributed by atoms with van der Waals surface area (Å²) in [6.07, 6.45) is 4.18. The van der Waals surface area contributed by atoms with Gasteiger partial charge in [0.05, 0.1) is 18.4 Å². The van der Waals surface area contributed by atoms with E-state index in [1.807, 2.05) is 30.3 Å². The molecule has 3 heterocycles. The molecule has 19 heavy (non-hydrogen) atoms. The highest BCUT2D eigenvalue weighted by molar-refractivity contribution is 8.01. The Labute approximate surface area is 115 Å². The lowest BCUT2D eigenvalue weighted by Gasteiger charge is -2.17. The van der Waals surface area contributed by atoms with E-state index in [9.17, 15) is 9.59 Å². The Kier molecular flexibility index (Phi) is 2.36. The number of benzene rings is 1. The summed E-state index contributed by atoms with van der Waals surface area (Å²) in [6, 6.07) is 9.71. The van der Waals surface area contributed by atoms with Crippen LogP contribution in [-0.4, -0.2) is 27.2 Å². The Morgan fingerprint density at radius 1 is 0.947 bits per heavy atom. The average Bonchev–Trinajstić information content (AvgIpc) is 3.10. The maximum atomic E-state index is 12.4. The van der Waals surface area contributed by atoms with E-state index in [1.165, 1.54) is 4.90 Å². The first kappa shape index (κ1) is 11.3. The van der Waals surface area contributed by atoms with Crippen LogP contribution in [0.5, 0.6) is 0 Å². The van der Waals surface area contributed by atoms with Crippen LogP contribution in [-0.2, 0) is 16.1 Å². The van der Waals surface area contributed by atoms with Gasteiger partial charge in [0, 0.05) is 10.5 Å². The Morgan fingerprint density at radius 3 is 2.11 bits per heavy atom. The molecule has 0 radical (unpaired) electrons. The van der Waals surface area contributed by atoms with Crippen LogP contribution in [0.3, 0.4) is 0 Å². The highest BCUT2D eigenvalue weighted by Gasteiger charge is 2.59. The number of rotatable bonds is 2. The molecule has 1 aromatic rings. The van der Waals surface area contributed by atoms with Gasteiger partial charge in [0.1, 0.15) is 0 Å². The molecule has 0 saturated carbocycles. The molecule has 96 valence electrons. The second-order valence-electron chi connectivity index (χ2n) is 5.25. The zero-order valence-electron chi connectivity index (χ0n) is 10.2. The SMILES string of the molecule is O=C1C2C3C=CC(S3)C2C(=O)N1Cc1ccccc1. The summed E-state index contributed by atoms with van der Waals surface area (Å²) in [5.41, 5.74) is 1.01. The summed E-state index contributed by atoms with van der Waals surface area (Å²) in [5.74, 6) is -0.196. The number of thioether (sulfide) groups is 1. The summed E-state index contributed by atoms with van der Waals surface area (Å²) in [6.45, 7) is 0.412. The van der Waals surface area contributed by atoms with Crippen molar-refractivity contribution in [3.8, 4) is 0 Å². The minimum atomic E-state index is -0.115. The molecule has 2 bridgehead atoms. The number of hydrogen-bond acceptors (Lipinski definition) is 3. The highest BCUT2D eigenvalue weighted by atomic mass is 32.2. The summed E-state index contributed by atoms with van der Waals surface area (Å²) < 4.78 is 0. The molecule has 0 aliphatic carbocycles. The third kappa shape index (κ3) is 1.53. The summed E-state index contributed by atoms with van der Waals surface area (Å²) in [5, 5.41) is 0.430. The standard InChI is InChI=1S/C15H13NO2S/c17-14-12-10-6-7-11(19-10)13(12)15(18)16(14)8-9-4-2-1-3-5-9/h1-7,10-13H,8H2. The van der Waals surface area contributed by atoms with Gasteiger partial charge in [0.15, 0.2) is 0 Å². The largest absolute Gasteiger partial charge is 0.278 e. The first-order valence-electron chi connectivity index (χ1n) is 6.48. The normalized spacial score (nSPS) is 35.3. The number of imide groups is 1. The zero-order valence-corrected chi connectivity index (χ0v) is 11.0. The number of carbonyl (C=O) groups is 2. The smallest absolute Gasteiger partial charge is 0.234 e. The van der Waals surface area contributed by atoms with Gasteiger partial charge < -0.3 is 0 Å². The van der Waals surface area contributed by atoms with Gasteiger partial charge in [-0.25, -0.2) is 0 Å². The second kappa shape index (κ2) is 3.97. The van der Waals surface area contributed by atoms with Crippen LogP contribution in [0, 0.1) is 11.8 Å². The van der Waals surface area contributed by atoms with Gasteiger partial charge in [0.25, 0.3) is 0 Å². The topological polar surface area (TPSA) is 37.4 Å². The van der Waals surface area contributed by atoms with Crippen molar-refractivity contribution in [2.75, 3.05) is 0 Å². The lowest BCUT2D eigenvalue weighted by atomic mass is 9.85. The summed E-state index contributed by atoms with van der Waals surface area (Å²) >= 11 is 1.76. The fraction of sp³-hybridized carbons (Fsp3) is 0.333. The van der Waals surface area contributed by atoms with Crippen LogP contribution in [0.15, 0.2) is 42.5 Å². The molecule has 2 fully saturated rings. The summed E-state index contributed by atoms with van der Waals surface area (Å²) in [7, 11) is 0. The Hall–Kier alpha value is -1.55. The van der Waals surface area contributed by atoms with Crippen molar-refractivity contribution in [1.29, 1.82) is 0 Å². The molecule has 4 unspecified atom stereocenters. The lowest BCUT2D eigenvalue weighted by Crippen LogP contribution is -2.32. The molecule has 2 saturated heterocycles. The molecule has 1 aromatic carbocycles. The lowest BCUT2D eigenvalue weighted by molar-refractivity contribution is -0.140. The molecule has 4 heteroatoms. The minimum Gasteiger partial charge on any atom is -0.278 e. The molecule has 3 aliphatic heterocycles. The highest BCUT2D eigenvalue weighted by Crippen LogP contribution is 2.53. The average molecular weight is 271 g/mol. The van der Waals surface area contributed by atoms with Crippen molar-refractivity contribution in [3.05, 3.63) is 48.0 Å². The molecule has 3 nitrogen and oxygen atoms in total. The molecule has 0 N–H and O–H groups in total. The molecular weight excluding hydrogens is 258 g/mol. The van der Waals surface area contributed by atoms with Crippen LogP contribution in [0.2, 0.25) is 0 Å². The Morgan fingerprint density at radius 2 is 1.53 bits per heavy atom. The van der Waals surface area contributed by atoms with Gasteiger partial charge in [-0.3, -0.25) is 14.5 Å². The van der Waals surface area contributed by atoms with E-state index in [2.05, 4.69) is 12.2 Å². The number of carbonyl (C=O) groups excluding carboxylic acids is 2. The first-order chi connectivity index (χ1) is 9.25. The van der Waals surface area contributed by atoms with Crippen molar-refractivity contribution in [3.63, 3.8) is 0 Å². The maximum absolute atomic E-state index is 12.4. The van der Waals surface area contributed by atoms with Crippen LogP contribution >= 0.6 is 11.8 Å². The number of fused-ring (bicyclic) bond motifs is 5. The van der Waals surface area contributed by atoms with Crippen LogP contribution in [0.25, 0.3) is 0 Å². The van der Waals surface area contributed by atoms with Crippen molar-refractivity contribution in [2.24, 2.45) is 11.8 Å². The van der Waals surface area contributed by atoms with Gasteiger partial charge in [-0.2, -0.15) is 0 Å². The number of likely N-dealkylation sites (tertiary alicyclic amines) is 1. The molecule has 4 rings (SSSR count). The number of hydrogen-bond donors (Lipinski definition) is 0. The number of amides is 2. The third-order valence-electron chi connectivity index (χ3n) is 4.19. The fourth-order valence-electron chi connectivity index (χ4n) is 3.29. The van der Waals surface area contributed by atoms with Crippen molar-refractivity contribution in [2.45, 2.75) is 17.0 Å². The summed E-state index contributed by atoms with van der Waals surface area (Å²) in [4.78, 5) is 26.4. The Bertz CT molecular complexity index is 553. The van der Waals surface area contributed by atoms with Gasteiger partial charge >= 0.3 is 0 Å². The monoisotopic (exact) mass is 271 g/mol. The van der Waals surface area contributed by atoms with Crippen molar-refractivity contribution < 1.29 is 9.59 Å². The quantitative estimate of drug-likeness (QED) is 0.608. The van der Waals surface area contributed by atoms with Crippen molar-refractivity contribution >= 4 is 23.6 Å². The third-order valence-corrected chi connectivity index (χ3v) is 5.71. The van der Waals surface area contributed by atoms with Gasteiger partial charge in [-0.15, -0.1) is 11.8 Å². The van der Waals surface area contributed by atoms with Crippen LogP contribution in [0.4, 0.5) is 0 Å². The first-order valence-corrected chi connectivity index (χ1v) is 7.43. The zero-order chi connectivity index (χ0) is 13.0. The van der Waals surface area contributed by atoms with E-state index in [1.54, 1.807) is 11.8 Å². The molecule has 0 spiro atoms. The molecule has 2 amide bonds. The van der Waals surface area contributed by atoms with E-state index in [0.29, 0.717) is 6.54 Å². The maximum Gasteiger partial charge on any atom is 0.234 e. The molecule has 4 atom stereocenters. The van der Waals surface area contributed by atoms with E-state index in [0.717, 1.165) is 5.56 Å². The van der Waals surface area contributed by atoms with Gasteiger partial charge in [-0.05, 0) is 5.56 Å². The second-order valence-corrected chi connectivity index (χ2v) is 6.61. The number of nitrogens with zero attached hydrogens (tertiary/aromatic N) is 1. The Balaban J connectivity index is 1.62. The molecular formula is C15H13NO2S. The predicted octanol–water partition coefficient (Wildman–Crippen LogP) is 1.84. The van der Waals surface area contributed by atoms with E-state index in [4.69, 9.17) is 0 Å². The molecule has 0 aromatic heterocycles. The van der Waals surface area contributed by atoms with Gasteiger partial charge in [0.2, 0.25) is 11.8 Å². The van der Waals surface area contributed by atoms with Crippen LogP contribution < -0.4 is 0 Å². The van der Waals surface area contributed by atoms with E-state index >= 15 is 0 Å². The fourth-order valence-corrected chi connectivity index (χ4v) is 4.92. The van der Waals surface area contributed by atoms with Gasteiger partial charge in [-0.1, -0.05) is 42.5 Å². The molecule has 3 aliphatic rings. The van der Waals surface area contributed by atoms with E-state index < -0.39 is 0 Å².